The van der Waals surface area contributed by atoms with Crippen LogP contribution in [0.4, 0.5) is 4.39 Å². The Bertz CT molecular complexity index is 546. The first-order valence-electron chi connectivity index (χ1n) is 5.94. The highest BCUT2D eigenvalue weighted by molar-refractivity contribution is 5.76. The molecule has 0 radical (unpaired) electrons. The lowest BCUT2D eigenvalue weighted by Crippen LogP contribution is -2.26. The first-order chi connectivity index (χ1) is 8.45. The Labute approximate surface area is 105 Å². The lowest BCUT2D eigenvalue weighted by Gasteiger charge is -2.24. The molecule has 0 bridgehead atoms. The average molecular weight is 252 g/mol. The second-order valence-corrected chi connectivity index (χ2v) is 4.68. The van der Waals surface area contributed by atoms with E-state index in [0.717, 1.165) is 0 Å². The van der Waals surface area contributed by atoms with Gasteiger partial charge in [-0.15, -0.1) is 0 Å². The number of hydrogen-bond acceptors (Lipinski definition) is 4. The van der Waals surface area contributed by atoms with E-state index in [9.17, 15) is 4.39 Å². The quantitative estimate of drug-likeness (QED) is 0.839. The molecule has 0 aliphatic heterocycles. The van der Waals surface area contributed by atoms with E-state index in [4.69, 9.17) is 4.74 Å². The van der Waals surface area contributed by atoms with Crippen LogP contribution < -0.4 is 4.74 Å². The number of rotatable bonds is 4. The molecule has 0 N–H and O–H groups in total. The standard InChI is InChI=1S/C12H17FN4O/c1-5-18-11-9-10(14-6-15-11)17(7-16-9)8(2)12(3,4)13/h6-8H,5H2,1-4H3. The van der Waals surface area contributed by atoms with Crippen molar-refractivity contribution in [3.8, 4) is 5.88 Å². The summed E-state index contributed by atoms with van der Waals surface area (Å²) < 4.78 is 21.1. The van der Waals surface area contributed by atoms with Gasteiger partial charge in [-0.05, 0) is 27.7 Å². The van der Waals surface area contributed by atoms with Gasteiger partial charge >= 0.3 is 0 Å². The molecule has 2 heterocycles. The van der Waals surface area contributed by atoms with Crippen LogP contribution in [-0.4, -0.2) is 31.8 Å². The van der Waals surface area contributed by atoms with Gasteiger partial charge in [-0.3, -0.25) is 0 Å². The average Bonchev–Trinajstić information content (AvgIpc) is 2.72. The normalized spacial score (nSPS) is 13.8. The van der Waals surface area contributed by atoms with Crippen LogP contribution in [0.15, 0.2) is 12.7 Å². The monoisotopic (exact) mass is 252 g/mol. The third kappa shape index (κ3) is 2.14. The van der Waals surface area contributed by atoms with Gasteiger partial charge in [-0.2, -0.15) is 4.98 Å². The van der Waals surface area contributed by atoms with E-state index in [1.54, 1.807) is 17.8 Å². The molecule has 6 heteroatoms. The van der Waals surface area contributed by atoms with Crippen LogP contribution in [0.2, 0.25) is 0 Å². The lowest BCUT2D eigenvalue weighted by molar-refractivity contribution is 0.143. The minimum absolute atomic E-state index is 0.369. The fourth-order valence-corrected chi connectivity index (χ4v) is 1.69. The molecule has 0 aliphatic carbocycles. The minimum Gasteiger partial charge on any atom is -0.476 e. The van der Waals surface area contributed by atoms with Crippen LogP contribution in [-0.2, 0) is 0 Å². The number of hydrogen-bond donors (Lipinski definition) is 0. The topological polar surface area (TPSA) is 52.8 Å². The molecule has 2 aromatic heterocycles. The van der Waals surface area contributed by atoms with E-state index in [-0.39, 0.29) is 6.04 Å². The van der Waals surface area contributed by atoms with E-state index >= 15 is 0 Å². The zero-order valence-corrected chi connectivity index (χ0v) is 11.0. The molecule has 0 spiro atoms. The zero-order chi connectivity index (χ0) is 13.3. The number of fused-ring (bicyclic) bond motifs is 1. The Hall–Kier alpha value is -1.72. The predicted molar refractivity (Wildman–Crippen MR) is 66.4 cm³/mol. The molecule has 18 heavy (non-hydrogen) atoms. The fourth-order valence-electron chi connectivity index (χ4n) is 1.69. The lowest BCUT2D eigenvalue weighted by atomic mass is 10.0. The number of alkyl halides is 1. The maximum Gasteiger partial charge on any atom is 0.245 e. The summed E-state index contributed by atoms with van der Waals surface area (Å²) in [4.78, 5) is 12.4. The highest BCUT2D eigenvalue weighted by atomic mass is 19.1. The molecular formula is C12H17FN4O. The first-order valence-corrected chi connectivity index (χ1v) is 5.94. The molecule has 0 saturated carbocycles. The predicted octanol–water partition coefficient (Wildman–Crippen LogP) is 2.53. The summed E-state index contributed by atoms with van der Waals surface area (Å²) >= 11 is 0. The Morgan fingerprint density at radius 1 is 1.39 bits per heavy atom. The molecular weight excluding hydrogens is 235 g/mol. The maximum absolute atomic E-state index is 14.0. The van der Waals surface area contributed by atoms with Crippen molar-refractivity contribution in [2.75, 3.05) is 6.61 Å². The third-order valence-electron chi connectivity index (χ3n) is 3.02. The van der Waals surface area contributed by atoms with Crippen molar-refractivity contribution in [3.05, 3.63) is 12.7 Å². The summed E-state index contributed by atoms with van der Waals surface area (Å²) in [6.07, 6.45) is 2.98. The van der Waals surface area contributed by atoms with Crippen LogP contribution in [0.5, 0.6) is 5.88 Å². The number of halogens is 1. The van der Waals surface area contributed by atoms with E-state index in [2.05, 4.69) is 15.0 Å². The van der Waals surface area contributed by atoms with Gasteiger partial charge in [0.05, 0.1) is 19.0 Å². The zero-order valence-electron chi connectivity index (χ0n) is 11.0. The molecule has 0 aromatic carbocycles. The van der Waals surface area contributed by atoms with Crippen molar-refractivity contribution in [1.82, 2.24) is 19.5 Å². The first kappa shape index (κ1) is 12.7. The van der Waals surface area contributed by atoms with Gasteiger partial charge in [-0.25, -0.2) is 14.4 Å². The SMILES string of the molecule is CCOc1ncnc2c1ncn2C(C)C(C)(C)F. The van der Waals surface area contributed by atoms with E-state index in [1.807, 2.05) is 6.92 Å². The highest BCUT2D eigenvalue weighted by Crippen LogP contribution is 2.29. The summed E-state index contributed by atoms with van der Waals surface area (Å²) in [6, 6.07) is -0.369. The molecule has 1 unspecified atom stereocenters. The van der Waals surface area contributed by atoms with Crippen molar-refractivity contribution in [2.24, 2.45) is 0 Å². The molecule has 2 rings (SSSR count). The van der Waals surface area contributed by atoms with Crippen LogP contribution >= 0.6 is 0 Å². The molecule has 2 aromatic rings. The summed E-state index contributed by atoms with van der Waals surface area (Å²) in [5.41, 5.74) is -0.202. The second-order valence-electron chi connectivity index (χ2n) is 4.68. The van der Waals surface area contributed by atoms with Gasteiger partial charge in [0, 0.05) is 0 Å². The molecule has 1 atom stereocenters. The van der Waals surface area contributed by atoms with Gasteiger partial charge in [0.2, 0.25) is 5.88 Å². The van der Waals surface area contributed by atoms with E-state index < -0.39 is 5.67 Å². The molecule has 98 valence electrons. The third-order valence-corrected chi connectivity index (χ3v) is 3.02. The van der Waals surface area contributed by atoms with E-state index in [1.165, 1.54) is 20.2 Å². The van der Waals surface area contributed by atoms with Crippen LogP contribution in [0, 0.1) is 0 Å². The van der Waals surface area contributed by atoms with Crippen LogP contribution in [0.25, 0.3) is 11.2 Å². The maximum atomic E-state index is 14.0. The Morgan fingerprint density at radius 3 is 2.72 bits per heavy atom. The summed E-state index contributed by atoms with van der Waals surface area (Å²) in [5.74, 6) is 0.435. The van der Waals surface area contributed by atoms with Crippen molar-refractivity contribution < 1.29 is 9.13 Å². The molecule has 0 amide bonds. The minimum atomic E-state index is -1.36. The number of nitrogens with zero attached hydrogens (tertiary/aromatic N) is 4. The summed E-state index contributed by atoms with van der Waals surface area (Å²) in [5, 5.41) is 0. The van der Waals surface area contributed by atoms with Crippen molar-refractivity contribution in [3.63, 3.8) is 0 Å². The summed E-state index contributed by atoms with van der Waals surface area (Å²) in [6.45, 7) is 7.24. The van der Waals surface area contributed by atoms with Crippen LogP contribution in [0.3, 0.4) is 0 Å². The number of imidazole rings is 1. The number of aromatic nitrogens is 4. The second kappa shape index (κ2) is 4.51. The largest absolute Gasteiger partial charge is 0.476 e. The van der Waals surface area contributed by atoms with Gasteiger partial charge < -0.3 is 9.30 Å². The molecule has 5 nitrogen and oxygen atoms in total. The van der Waals surface area contributed by atoms with Gasteiger partial charge in [0.1, 0.15) is 12.0 Å². The summed E-state index contributed by atoms with van der Waals surface area (Å²) in [7, 11) is 0. The molecule has 0 aliphatic rings. The Morgan fingerprint density at radius 2 is 2.11 bits per heavy atom. The van der Waals surface area contributed by atoms with Crippen molar-refractivity contribution in [1.29, 1.82) is 0 Å². The fraction of sp³-hybridized carbons (Fsp3) is 0.583. The van der Waals surface area contributed by atoms with Crippen molar-refractivity contribution in [2.45, 2.75) is 39.4 Å². The molecule has 0 saturated heterocycles. The number of ether oxygens (including phenoxy) is 1. The Balaban J connectivity index is 2.52. The van der Waals surface area contributed by atoms with Crippen LogP contribution in [0.1, 0.15) is 33.7 Å². The van der Waals surface area contributed by atoms with Gasteiger partial charge in [0.25, 0.3) is 0 Å². The highest BCUT2D eigenvalue weighted by Gasteiger charge is 2.28. The molecule has 0 fully saturated rings. The van der Waals surface area contributed by atoms with Gasteiger partial charge in [-0.1, -0.05) is 0 Å². The smallest absolute Gasteiger partial charge is 0.245 e. The van der Waals surface area contributed by atoms with Gasteiger partial charge in [0.15, 0.2) is 11.2 Å². The van der Waals surface area contributed by atoms with Crippen molar-refractivity contribution >= 4 is 11.2 Å². The Kier molecular flexibility index (Phi) is 3.19. The van der Waals surface area contributed by atoms with E-state index in [0.29, 0.717) is 23.7 Å².